The number of carbonyl (C=O) groups is 2. The Balaban J connectivity index is 2.40. The van der Waals surface area contributed by atoms with Crippen molar-refractivity contribution in [1.29, 1.82) is 0 Å². The number of hydrogen-bond acceptors (Lipinski definition) is 4. The number of benzene rings is 2. The Bertz CT molecular complexity index is 904. The first-order valence-corrected chi connectivity index (χ1v) is 9.01. The van der Waals surface area contributed by atoms with Crippen molar-refractivity contribution in [2.24, 2.45) is 0 Å². The normalized spacial score (nSPS) is 11.6. The highest BCUT2D eigenvalue weighted by Crippen LogP contribution is 2.31. The molecule has 1 amide bonds. The molecule has 2 aromatic rings. The molecule has 0 aromatic heterocycles. The Kier molecular flexibility index (Phi) is 6.67. The number of carbonyl (C=O) groups excluding carboxylic acids is 1. The SMILES string of the molecule is COc1ccc(C(CC(=O)O)NC(=O)c2cc(C)c(C)c(C)c2C)cc1OC. The zero-order valence-corrected chi connectivity index (χ0v) is 17.2. The van der Waals surface area contributed by atoms with E-state index in [1.54, 1.807) is 18.2 Å². The molecule has 0 fully saturated rings. The summed E-state index contributed by atoms with van der Waals surface area (Å²) in [5.74, 6) is -0.298. The van der Waals surface area contributed by atoms with Crippen LogP contribution in [0, 0.1) is 27.7 Å². The molecule has 6 heteroatoms. The van der Waals surface area contributed by atoms with Gasteiger partial charge in [0.1, 0.15) is 0 Å². The molecule has 0 bridgehead atoms. The molecule has 6 nitrogen and oxygen atoms in total. The van der Waals surface area contributed by atoms with Gasteiger partial charge in [0.2, 0.25) is 0 Å². The molecular weight excluding hydrogens is 358 g/mol. The summed E-state index contributed by atoms with van der Waals surface area (Å²) in [7, 11) is 3.03. The van der Waals surface area contributed by atoms with Crippen LogP contribution in [0.15, 0.2) is 24.3 Å². The highest BCUT2D eigenvalue weighted by atomic mass is 16.5. The van der Waals surface area contributed by atoms with Gasteiger partial charge in [-0.15, -0.1) is 0 Å². The van der Waals surface area contributed by atoms with Crippen molar-refractivity contribution in [3.05, 3.63) is 57.6 Å². The fourth-order valence-electron chi connectivity index (χ4n) is 3.18. The van der Waals surface area contributed by atoms with Crippen LogP contribution in [0.25, 0.3) is 0 Å². The predicted molar refractivity (Wildman–Crippen MR) is 107 cm³/mol. The van der Waals surface area contributed by atoms with Gasteiger partial charge < -0.3 is 19.9 Å². The number of hydrogen-bond donors (Lipinski definition) is 2. The lowest BCUT2D eigenvalue weighted by Crippen LogP contribution is -2.31. The van der Waals surface area contributed by atoms with Crippen LogP contribution in [-0.2, 0) is 4.79 Å². The fraction of sp³-hybridized carbons (Fsp3) is 0.364. The Morgan fingerprint density at radius 3 is 2.18 bits per heavy atom. The second-order valence-electron chi connectivity index (χ2n) is 6.85. The molecule has 0 aliphatic rings. The minimum absolute atomic E-state index is 0.246. The number of ether oxygens (including phenoxy) is 2. The van der Waals surface area contributed by atoms with Gasteiger partial charge in [0.25, 0.3) is 5.91 Å². The van der Waals surface area contributed by atoms with E-state index in [0.717, 1.165) is 22.3 Å². The summed E-state index contributed by atoms with van der Waals surface area (Å²) in [5, 5.41) is 12.2. The summed E-state index contributed by atoms with van der Waals surface area (Å²) in [6.45, 7) is 7.87. The van der Waals surface area contributed by atoms with Crippen LogP contribution in [0.2, 0.25) is 0 Å². The largest absolute Gasteiger partial charge is 0.493 e. The summed E-state index contributed by atoms with van der Waals surface area (Å²) < 4.78 is 10.5. The lowest BCUT2D eigenvalue weighted by Gasteiger charge is -2.21. The molecule has 1 atom stereocenters. The maximum atomic E-state index is 13.0. The number of nitrogens with one attached hydrogen (secondary N) is 1. The Morgan fingerprint density at radius 1 is 0.964 bits per heavy atom. The molecule has 0 radical (unpaired) electrons. The smallest absolute Gasteiger partial charge is 0.305 e. The molecule has 0 aliphatic carbocycles. The van der Waals surface area contributed by atoms with Crippen LogP contribution >= 0.6 is 0 Å². The molecule has 2 aromatic carbocycles. The third kappa shape index (κ3) is 4.44. The topological polar surface area (TPSA) is 84.9 Å². The van der Waals surface area contributed by atoms with E-state index in [0.29, 0.717) is 22.6 Å². The number of carboxylic acids is 1. The molecule has 2 rings (SSSR count). The van der Waals surface area contributed by atoms with Crippen LogP contribution in [-0.4, -0.2) is 31.2 Å². The molecule has 1 unspecified atom stereocenters. The molecule has 150 valence electrons. The Hall–Kier alpha value is -3.02. The summed E-state index contributed by atoms with van der Waals surface area (Å²) in [5.41, 5.74) is 5.31. The van der Waals surface area contributed by atoms with E-state index in [1.807, 2.05) is 33.8 Å². The van der Waals surface area contributed by atoms with Gasteiger partial charge in [-0.1, -0.05) is 6.07 Å². The average Bonchev–Trinajstić information content (AvgIpc) is 2.67. The van der Waals surface area contributed by atoms with Crippen molar-refractivity contribution >= 4 is 11.9 Å². The lowest BCUT2D eigenvalue weighted by molar-refractivity contribution is -0.137. The summed E-state index contributed by atoms with van der Waals surface area (Å²) in [6, 6.07) is 6.25. The number of aryl methyl sites for hydroxylation is 1. The first-order valence-electron chi connectivity index (χ1n) is 9.01. The molecule has 28 heavy (non-hydrogen) atoms. The van der Waals surface area contributed by atoms with Crippen molar-refractivity contribution in [3.63, 3.8) is 0 Å². The van der Waals surface area contributed by atoms with Crippen LogP contribution in [0.4, 0.5) is 0 Å². The highest BCUT2D eigenvalue weighted by molar-refractivity contribution is 5.96. The van der Waals surface area contributed by atoms with Crippen molar-refractivity contribution in [2.75, 3.05) is 14.2 Å². The summed E-state index contributed by atoms with van der Waals surface area (Å²) >= 11 is 0. The van der Waals surface area contributed by atoms with Crippen molar-refractivity contribution in [2.45, 2.75) is 40.2 Å². The van der Waals surface area contributed by atoms with Gasteiger partial charge in [-0.2, -0.15) is 0 Å². The molecule has 0 heterocycles. The van der Waals surface area contributed by atoms with Gasteiger partial charge in [0, 0.05) is 5.56 Å². The second-order valence-corrected chi connectivity index (χ2v) is 6.85. The Morgan fingerprint density at radius 2 is 1.61 bits per heavy atom. The zero-order chi connectivity index (χ0) is 21.0. The molecule has 0 saturated carbocycles. The quantitative estimate of drug-likeness (QED) is 0.755. The first-order chi connectivity index (χ1) is 13.2. The molecular formula is C22H27NO5. The van der Waals surface area contributed by atoms with Crippen molar-refractivity contribution in [3.8, 4) is 11.5 Å². The van der Waals surface area contributed by atoms with Gasteiger partial charge in [-0.05, 0) is 73.7 Å². The first kappa shape index (κ1) is 21.3. The maximum absolute atomic E-state index is 13.0. The van der Waals surface area contributed by atoms with Crippen molar-refractivity contribution in [1.82, 2.24) is 5.32 Å². The van der Waals surface area contributed by atoms with Crippen LogP contribution in [0.5, 0.6) is 11.5 Å². The third-order valence-corrected chi connectivity index (χ3v) is 5.22. The predicted octanol–water partition coefficient (Wildman–Crippen LogP) is 3.88. The second kappa shape index (κ2) is 8.78. The van der Waals surface area contributed by atoms with Crippen LogP contribution in [0.3, 0.4) is 0 Å². The minimum atomic E-state index is -1.01. The van der Waals surface area contributed by atoms with E-state index in [1.165, 1.54) is 14.2 Å². The standard InChI is InChI=1S/C22H27NO5/c1-12-9-17(15(4)14(3)13(12)2)22(26)23-18(11-21(24)25)16-7-8-19(27-5)20(10-16)28-6/h7-10,18H,11H2,1-6H3,(H,23,26)(H,24,25). The molecule has 2 N–H and O–H groups in total. The monoisotopic (exact) mass is 385 g/mol. The van der Waals surface area contributed by atoms with E-state index in [2.05, 4.69) is 5.32 Å². The number of amides is 1. The zero-order valence-electron chi connectivity index (χ0n) is 17.2. The third-order valence-electron chi connectivity index (χ3n) is 5.22. The van der Waals surface area contributed by atoms with E-state index in [4.69, 9.17) is 9.47 Å². The number of aliphatic carboxylic acids is 1. The van der Waals surface area contributed by atoms with E-state index in [-0.39, 0.29) is 12.3 Å². The van der Waals surface area contributed by atoms with E-state index in [9.17, 15) is 14.7 Å². The van der Waals surface area contributed by atoms with Crippen molar-refractivity contribution < 1.29 is 24.2 Å². The van der Waals surface area contributed by atoms with Crippen LogP contribution < -0.4 is 14.8 Å². The fourth-order valence-corrected chi connectivity index (χ4v) is 3.18. The number of carboxylic acid groups (broad SMARTS) is 1. The van der Waals surface area contributed by atoms with E-state index >= 15 is 0 Å². The minimum Gasteiger partial charge on any atom is -0.493 e. The van der Waals surface area contributed by atoms with Gasteiger partial charge in [-0.25, -0.2) is 0 Å². The molecule has 0 aliphatic heterocycles. The summed E-state index contributed by atoms with van der Waals surface area (Å²) in [6.07, 6.45) is -0.246. The highest BCUT2D eigenvalue weighted by Gasteiger charge is 2.22. The van der Waals surface area contributed by atoms with Gasteiger partial charge in [0.05, 0.1) is 26.7 Å². The molecule has 0 saturated heterocycles. The van der Waals surface area contributed by atoms with Gasteiger partial charge >= 0.3 is 5.97 Å². The van der Waals surface area contributed by atoms with Gasteiger partial charge in [0.15, 0.2) is 11.5 Å². The number of methoxy groups -OCH3 is 2. The average molecular weight is 385 g/mol. The molecule has 0 spiro atoms. The lowest BCUT2D eigenvalue weighted by atomic mass is 9.93. The van der Waals surface area contributed by atoms with E-state index < -0.39 is 12.0 Å². The van der Waals surface area contributed by atoms with Gasteiger partial charge in [-0.3, -0.25) is 9.59 Å². The number of rotatable bonds is 7. The van der Waals surface area contributed by atoms with Crippen LogP contribution in [0.1, 0.15) is 50.6 Å². The Labute approximate surface area is 165 Å². The maximum Gasteiger partial charge on any atom is 0.305 e. The summed E-state index contributed by atoms with van der Waals surface area (Å²) in [4.78, 5) is 24.4.